The number of hydrogen-bond donors (Lipinski definition) is 2. The zero-order valence-corrected chi connectivity index (χ0v) is 12.7. The van der Waals surface area contributed by atoms with E-state index in [0.717, 1.165) is 0 Å². The van der Waals surface area contributed by atoms with Crippen LogP contribution in [0.2, 0.25) is 0 Å². The summed E-state index contributed by atoms with van der Waals surface area (Å²) in [7, 11) is 0. The van der Waals surface area contributed by atoms with E-state index in [1.54, 1.807) is 20.8 Å². The number of ether oxygens (including phenoxy) is 3. The maximum Gasteiger partial charge on any atom is 0.169 e. The first-order valence-electron chi connectivity index (χ1n) is 7.04. The van der Waals surface area contributed by atoms with Crippen LogP contribution < -0.4 is 0 Å². The van der Waals surface area contributed by atoms with Crippen molar-refractivity contribution in [2.45, 2.75) is 77.2 Å². The van der Waals surface area contributed by atoms with Crippen LogP contribution in [0.1, 0.15) is 47.5 Å². The molecule has 2 saturated heterocycles. The van der Waals surface area contributed by atoms with Crippen LogP contribution in [0.15, 0.2) is 0 Å². The Labute approximate surface area is 115 Å². The Bertz CT molecular complexity index is 276. The first kappa shape index (κ1) is 16.9. The number of hydrogen-bond acceptors (Lipinski definition) is 5. The van der Waals surface area contributed by atoms with Crippen LogP contribution in [0.25, 0.3) is 0 Å². The molecule has 4 atom stereocenters. The van der Waals surface area contributed by atoms with Crippen molar-refractivity contribution < 1.29 is 24.4 Å². The highest BCUT2D eigenvalue weighted by molar-refractivity contribution is 4.91. The van der Waals surface area contributed by atoms with Crippen molar-refractivity contribution in [2.24, 2.45) is 0 Å². The van der Waals surface area contributed by atoms with E-state index in [0.29, 0.717) is 13.0 Å². The van der Waals surface area contributed by atoms with Crippen LogP contribution in [0.4, 0.5) is 0 Å². The summed E-state index contributed by atoms with van der Waals surface area (Å²) < 4.78 is 16.6. The minimum absolute atomic E-state index is 0.190. The molecule has 2 aliphatic rings. The zero-order valence-electron chi connectivity index (χ0n) is 12.7. The molecule has 19 heavy (non-hydrogen) atoms. The topological polar surface area (TPSA) is 68.2 Å². The van der Waals surface area contributed by atoms with Crippen molar-refractivity contribution >= 4 is 0 Å². The predicted octanol–water partition coefficient (Wildman–Crippen LogP) is 1.45. The molecule has 0 aromatic rings. The average molecular weight is 276 g/mol. The van der Waals surface area contributed by atoms with Crippen molar-refractivity contribution in [3.8, 4) is 0 Å². The molecule has 0 spiro atoms. The summed E-state index contributed by atoms with van der Waals surface area (Å²) in [5.74, 6) is -0.853. The first-order valence-corrected chi connectivity index (χ1v) is 7.04. The van der Waals surface area contributed by atoms with Crippen LogP contribution in [0.5, 0.6) is 0 Å². The van der Waals surface area contributed by atoms with Gasteiger partial charge in [-0.3, -0.25) is 0 Å². The molecule has 0 amide bonds. The van der Waals surface area contributed by atoms with Gasteiger partial charge in [-0.1, -0.05) is 20.3 Å². The summed E-state index contributed by atoms with van der Waals surface area (Å²) >= 11 is 0. The second-order valence-corrected chi connectivity index (χ2v) is 6.16. The molecule has 0 aliphatic carbocycles. The molecular formula is C14H28O5. The fourth-order valence-corrected chi connectivity index (χ4v) is 2.42. The lowest BCUT2D eigenvalue weighted by Crippen LogP contribution is -2.53. The standard InChI is InChI=1S/C11H20O5.C3H8/c1-10(2,13)6-11(3)15-5-8-9(16-11)7(12)4-14-8;1-3-2/h7-9,12-13H,4-6H2,1-3H3;3H2,1-2H3. The van der Waals surface area contributed by atoms with Gasteiger partial charge in [0.25, 0.3) is 0 Å². The predicted molar refractivity (Wildman–Crippen MR) is 71.9 cm³/mol. The second kappa shape index (κ2) is 6.50. The Kier molecular flexibility index (Phi) is 5.77. The molecule has 4 unspecified atom stereocenters. The Morgan fingerprint density at radius 2 is 1.84 bits per heavy atom. The maximum atomic E-state index is 9.79. The van der Waals surface area contributed by atoms with E-state index in [1.807, 2.05) is 0 Å². The minimum atomic E-state index is -0.869. The SMILES string of the molecule is CC(C)(O)CC1(C)OCC2OCC(O)C2O1.CCC. The molecule has 2 heterocycles. The molecule has 114 valence electrons. The van der Waals surface area contributed by atoms with E-state index in [4.69, 9.17) is 14.2 Å². The molecule has 0 radical (unpaired) electrons. The van der Waals surface area contributed by atoms with Gasteiger partial charge in [-0.15, -0.1) is 0 Å². The van der Waals surface area contributed by atoms with Gasteiger partial charge in [0, 0.05) is 6.42 Å². The van der Waals surface area contributed by atoms with E-state index in [1.165, 1.54) is 6.42 Å². The number of aliphatic hydroxyl groups excluding tert-OH is 1. The lowest BCUT2D eigenvalue weighted by molar-refractivity contribution is -0.321. The fraction of sp³-hybridized carbons (Fsp3) is 1.00. The van der Waals surface area contributed by atoms with Gasteiger partial charge in [0.1, 0.15) is 18.3 Å². The minimum Gasteiger partial charge on any atom is -0.390 e. The highest BCUT2D eigenvalue weighted by Crippen LogP contribution is 2.35. The van der Waals surface area contributed by atoms with E-state index < -0.39 is 17.5 Å². The van der Waals surface area contributed by atoms with Gasteiger partial charge < -0.3 is 24.4 Å². The first-order chi connectivity index (χ1) is 8.71. The lowest BCUT2D eigenvalue weighted by Gasteiger charge is -2.42. The van der Waals surface area contributed by atoms with E-state index in [2.05, 4.69) is 13.8 Å². The quantitative estimate of drug-likeness (QED) is 0.799. The monoisotopic (exact) mass is 276 g/mol. The average Bonchev–Trinajstić information content (AvgIpc) is 2.58. The molecule has 5 heteroatoms. The normalized spacial score (nSPS) is 38.4. The molecule has 5 nitrogen and oxygen atoms in total. The summed E-state index contributed by atoms with van der Waals surface area (Å²) in [6, 6.07) is 0. The molecular weight excluding hydrogens is 248 g/mol. The van der Waals surface area contributed by atoms with Crippen molar-refractivity contribution in [3.05, 3.63) is 0 Å². The Balaban J connectivity index is 0.000000550. The maximum absolute atomic E-state index is 9.79. The Morgan fingerprint density at radius 1 is 1.26 bits per heavy atom. The summed E-state index contributed by atoms with van der Waals surface area (Å²) in [6.07, 6.45) is 0.469. The van der Waals surface area contributed by atoms with Crippen LogP contribution in [-0.2, 0) is 14.2 Å². The summed E-state index contributed by atoms with van der Waals surface area (Å²) in [4.78, 5) is 0. The third-order valence-corrected chi connectivity index (χ3v) is 2.92. The van der Waals surface area contributed by atoms with Crippen LogP contribution in [0, 0.1) is 0 Å². The highest BCUT2D eigenvalue weighted by atomic mass is 16.7. The van der Waals surface area contributed by atoms with Crippen LogP contribution >= 0.6 is 0 Å². The van der Waals surface area contributed by atoms with Crippen molar-refractivity contribution in [2.75, 3.05) is 13.2 Å². The van der Waals surface area contributed by atoms with Gasteiger partial charge in [-0.25, -0.2) is 0 Å². The number of aliphatic hydroxyl groups is 2. The molecule has 2 fully saturated rings. The summed E-state index contributed by atoms with van der Waals surface area (Å²) in [6.45, 7) is 10.1. The molecule has 2 N–H and O–H groups in total. The second-order valence-electron chi connectivity index (χ2n) is 6.16. The van der Waals surface area contributed by atoms with Gasteiger partial charge in [0.15, 0.2) is 5.79 Å². The third kappa shape index (κ3) is 5.00. The lowest BCUT2D eigenvalue weighted by atomic mass is 9.97. The van der Waals surface area contributed by atoms with Gasteiger partial charge in [0.2, 0.25) is 0 Å². The van der Waals surface area contributed by atoms with Crippen molar-refractivity contribution in [1.29, 1.82) is 0 Å². The van der Waals surface area contributed by atoms with E-state index in [-0.39, 0.29) is 18.8 Å². The highest BCUT2D eigenvalue weighted by Gasteiger charge is 2.48. The van der Waals surface area contributed by atoms with Gasteiger partial charge >= 0.3 is 0 Å². The third-order valence-electron chi connectivity index (χ3n) is 2.92. The van der Waals surface area contributed by atoms with Gasteiger partial charge in [0.05, 0.1) is 18.8 Å². The van der Waals surface area contributed by atoms with Crippen LogP contribution in [0.3, 0.4) is 0 Å². The Hall–Kier alpha value is -0.200. The molecule has 0 aromatic carbocycles. The molecule has 0 saturated carbocycles. The van der Waals surface area contributed by atoms with Crippen molar-refractivity contribution in [1.82, 2.24) is 0 Å². The fourth-order valence-electron chi connectivity index (χ4n) is 2.42. The summed E-state index contributed by atoms with van der Waals surface area (Å²) in [5.41, 5.74) is -0.869. The van der Waals surface area contributed by atoms with Gasteiger partial charge in [-0.05, 0) is 20.8 Å². The summed E-state index contributed by atoms with van der Waals surface area (Å²) in [5, 5.41) is 19.5. The zero-order chi connectivity index (χ0) is 14.7. The van der Waals surface area contributed by atoms with Crippen LogP contribution in [-0.4, -0.2) is 53.1 Å². The largest absolute Gasteiger partial charge is 0.390 e. The van der Waals surface area contributed by atoms with E-state index >= 15 is 0 Å². The number of fused-ring (bicyclic) bond motifs is 1. The van der Waals surface area contributed by atoms with Gasteiger partial charge in [-0.2, -0.15) is 0 Å². The molecule has 0 aromatic heterocycles. The molecule has 0 bridgehead atoms. The molecule has 2 aliphatic heterocycles. The van der Waals surface area contributed by atoms with E-state index in [9.17, 15) is 10.2 Å². The van der Waals surface area contributed by atoms with Crippen molar-refractivity contribution in [3.63, 3.8) is 0 Å². The smallest absolute Gasteiger partial charge is 0.169 e. The Morgan fingerprint density at radius 3 is 2.37 bits per heavy atom. The molecule has 2 rings (SSSR count). The number of rotatable bonds is 2.